The minimum atomic E-state index is 0.647. The molecule has 3 aromatic rings. The minimum absolute atomic E-state index is 0.647. The Labute approximate surface area is 147 Å². The fourth-order valence-corrected chi connectivity index (χ4v) is 3.18. The lowest BCUT2D eigenvalue weighted by atomic mass is 10.0. The van der Waals surface area contributed by atoms with Crippen LogP contribution in [0.1, 0.15) is 25.3 Å². The first-order valence-electron chi connectivity index (χ1n) is 8.33. The zero-order chi connectivity index (χ0) is 16.9. The molecule has 0 saturated carbocycles. The predicted octanol–water partition coefficient (Wildman–Crippen LogP) is 4.56. The maximum absolute atomic E-state index is 6.37. The molecule has 0 aliphatic carbocycles. The number of fused-ring (bicyclic) bond motifs is 1. The molecule has 0 aliphatic rings. The van der Waals surface area contributed by atoms with Crippen LogP contribution in [-0.2, 0) is 6.42 Å². The van der Waals surface area contributed by atoms with Gasteiger partial charge in [-0.15, -0.1) is 0 Å². The van der Waals surface area contributed by atoms with Crippen LogP contribution in [0.4, 0.5) is 0 Å². The first kappa shape index (κ1) is 16.8. The number of halogens is 1. The Morgan fingerprint density at radius 3 is 2.88 bits per heavy atom. The fraction of sp³-hybridized carbons (Fsp3) is 0.316. The second kappa shape index (κ2) is 7.69. The summed E-state index contributed by atoms with van der Waals surface area (Å²) in [5.74, 6) is 0.878. The molecule has 0 atom stereocenters. The highest BCUT2D eigenvalue weighted by molar-refractivity contribution is 6.33. The molecule has 2 heterocycles. The second-order valence-electron chi connectivity index (χ2n) is 5.70. The first-order valence-corrected chi connectivity index (χ1v) is 8.70. The second-order valence-corrected chi connectivity index (χ2v) is 6.11. The molecule has 0 spiro atoms. The van der Waals surface area contributed by atoms with Crippen LogP contribution in [0.15, 0.2) is 36.5 Å². The highest BCUT2D eigenvalue weighted by Gasteiger charge is 2.16. The Kier molecular flexibility index (Phi) is 5.38. The minimum Gasteiger partial charge on any atom is -0.494 e. The number of aromatic nitrogens is 2. The van der Waals surface area contributed by atoms with Crippen molar-refractivity contribution in [1.82, 2.24) is 9.97 Å². The van der Waals surface area contributed by atoms with Gasteiger partial charge in [0.1, 0.15) is 11.4 Å². The summed E-state index contributed by atoms with van der Waals surface area (Å²) in [5.41, 5.74) is 9.72. The van der Waals surface area contributed by atoms with E-state index >= 15 is 0 Å². The number of hydrogen-bond acceptors (Lipinski definition) is 3. The van der Waals surface area contributed by atoms with E-state index in [-0.39, 0.29) is 0 Å². The maximum atomic E-state index is 6.37. The van der Waals surface area contributed by atoms with E-state index in [9.17, 15) is 0 Å². The van der Waals surface area contributed by atoms with Gasteiger partial charge in [0.25, 0.3) is 0 Å². The van der Waals surface area contributed by atoms with E-state index in [1.807, 2.05) is 31.2 Å². The largest absolute Gasteiger partial charge is 0.494 e. The molecule has 4 nitrogen and oxygen atoms in total. The van der Waals surface area contributed by atoms with Crippen molar-refractivity contribution in [3.8, 4) is 17.1 Å². The topological polar surface area (TPSA) is 63.9 Å². The van der Waals surface area contributed by atoms with Crippen LogP contribution < -0.4 is 10.5 Å². The SMILES string of the molecule is CCOc1ccc2[nH]c(-c3ncccc3Cl)c(CCCCN)c2c1. The molecule has 0 amide bonds. The average molecular weight is 344 g/mol. The standard InChI is InChI=1S/C19H22ClN3O/c1-2-24-13-8-9-17-15(12-13)14(6-3-4-10-21)18(23-17)19-16(20)7-5-11-22-19/h5,7-9,11-12,23H,2-4,6,10,21H2,1H3. The van der Waals surface area contributed by atoms with E-state index in [1.165, 1.54) is 5.56 Å². The molecule has 5 heteroatoms. The van der Waals surface area contributed by atoms with Gasteiger partial charge in [-0.05, 0) is 68.6 Å². The number of nitrogens with zero attached hydrogens (tertiary/aromatic N) is 1. The lowest BCUT2D eigenvalue weighted by molar-refractivity contribution is 0.340. The van der Waals surface area contributed by atoms with Gasteiger partial charge in [-0.1, -0.05) is 11.6 Å². The van der Waals surface area contributed by atoms with Gasteiger partial charge >= 0.3 is 0 Å². The molecule has 0 saturated heterocycles. The molecule has 0 aliphatic heterocycles. The Morgan fingerprint density at radius 1 is 1.25 bits per heavy atom. The van der Waals surface area contributed by atoms with Gasteiger partial charge < -0.3 is 15.5 Å². The summed E-state index contributed by atoms with van der Waals surface area (Å²) < 4.78 is 5.66. The van der Waals surface area contributed by atoms with E-state index < -0.39 is 0 Å². The number of H-pyrrole nitrogens is 1. The van der Waals surface area contributed by atoms with Crippen molar-refractivity contribution in [3.63, 3.8) is 0 Å². The third kappa shape index (κ3) is 3.40. The number of aryl methyl sites for hydroxylation is 1. The zero-order valence-electron chi connectivity index (χ0n) is 13.8. The number of nitrogens with two attached hydrogens (primary N) is 1. The van der Waals surface area contributed by atoms with Gasteiger partial charge in [0.2, 0.25) is 0 Å². The number of unbranched alkanes of at least 4 members (excludes halogenated alkanes) is 1. The van der Waals surface area contributed by atoms with E-state index in [2.05, 4.69) is 16.0 Å². The highest BCUT2D eigenvalue weighted by Crippen LogP contribution is 2.35. The van der Waals surface area contributed by atoms with Gasteiger partial charge in [-0.3, -0.25) is 4.98 Å². The Balaban J connectivity index is 2.12. The Morgan fingerprint density at radius 2 is 2.12 bits per heavy atom. The number of hydrogen-bond donors (Lipinski definition) is 2. The molecule has 3 rings (SSSR count). The van der Waals surface area contributed by atoms with Crippen molar-refractivity contribution in [2.24, 2.45) is 5.73 Å². The molecule has 0 radical (unpaired) electrons. The lowest BCUT2D eigenvalue weighted by Crippen LogP contribution is -1.99. The number of rotatable bonds is 7. The predicted molar refractivity (Wildman–Crippen MR) is 99.7 cm³/mol. The summed E-state index contributed by atoms with van der Waals surface area (Å²) in [6.07, 6.45) is 4.71. The summed E-state index contributed by atoms with van der Waals surface area (Å²) in [6, 6.07) is 9.83. The van der Waals surface area contributed by atoms with Gasteiger partial charge in [0, 0.05) is 17.1 Å². The van der Waals surface area contributed by atoms with Gasteiger partial charge in [0.05, 0.1) is 17.3 Å². The van der Waals surface area contributed by atoms with Crippen molar-refractivity contribution in [2.45, 2.75) is 26.2 Å². The molecular weight excluding hydrogens is 322 g/mol. The van der Waals surface area contributed by atoms with Crippen LogP contribution in [0.2, 0.25) is 5.02 Å². The molecule has 1 aromatic carbocycles. The molecule has 3 N–H and O–H groups in total. The van der Waals surface area contributed by atoms with Crippen molar-refractivity contribution in [2.75, 3.05) is 13.2 Å². The van der Waals surface area contributed by atoms with Crippen molar-refractivity contribution in [1.29, 1.82) is 0 Å². The summed E-state index contributed by atoms with van der Waals surface area (Å²) in [4.78, 5) is 7.96. The number of ether oxygens (including phenoxy) is 1. The van der Waals surface area contributed by atoms with Crippen molar-refractivity contribution in [3.05, 3.63) is 47.1 Å². The fourth-order valence-electron chi connectivity index (χ4n) is 2.96. The normalized spacial score (nSPS) is 11.1. The van der Waals surface area contributed by atoms with E-state index in [0.29, 0.717) is 18.2 Å². The van der Waals surface area contributed by atoms with Crippen LogP contribution in [0.3, 0.4) is 0 Å². The third-order valence-electron chi connectivity index (χ3n) is 4.06. The van der Waals surface area contributed by atoms with Crippen LogP contribution in [0.5, 0.6) is 5.75 Å². The van der Waals surface area contributed by atoms with Crippen LogP contribution in [0.25, 0.3) is 22.3 Å². The first-order chi connectivity index (χ1) is 11.7. The quantitative estimate of drug-likeness (QED) is 0.618. The van der Waals surface area contributed by atoms with Crippen LogP contribution in [-0.4, -0.2) is 23.1 Å². The smallest absolute Gasteiger partial charge is 0.120 e. The Hall–Kier alpha value is -2.04. The molecule has 0 bridgehead atoms. The Bertz CT molecular complexity index is 829. The third-order valence-corrected chi connectivity index (χ3v) is 4.37. The highest BCUT2D eigenvalue weighted by atomic mass is 35.5. The zero-order valence-corrected chi connectivity index (χ0v) is 14.6. The molecule has 126 valence electrons. The van der Waals surface area contributed by atoms with Crippen LogP contribution >= 0.6 is 11.6 Å². The van der Waals surface area contributed by atoms with Gasteiger partial charge in [-0.25, -0.2) is 0 Å². The van der Waals surface area contributed by atoms with Crippen molar-refractivity contribution >= 4 is 22.5 Å². The maximum Gasteiger partial charge on any atom is 0.120 e. The monoisotopic (exact) mass is 343 g/mol. The number of aromatic amines is 1. The molecule has 2 aromatic heterocycles. The number of nitrogens with one attached hydrogen (secondary N) is 1. The average Bonchev–Trinajstić information content (AvgIpc) is 2.94. The summed E-state index contributed by atoms with van der Waals surface area (Å²) in [5, 5.41) is 1.81. The summed E-state index contributed by atoms with van der Waals surface area (Å²) >= 11 is 6.37. The molecule has 0 fully saturated rings. The number of pyridine rings is 1. The summed E-state index contributed by atoms with van der Waals surface area (Å²) in [7, 11) is 0. The molecule has 24 heavy (non-hydrogen) atoms. The van der Waals surface area contributed by atoms with Crippen LogP contribution in [0, 0.1) is 0 Å². The van der Waals surface area contributed by atoms with Crippen molar-refractivity contribution < 1.29 is 4.74 Å². The van der Waals surface area contributed by atoms with E-state index in [0.717, 1.165) is 47.3 Å². The number of benzene rings is 1. The van der Waals surface area contributed by atoms with Gasteiger partial charge in [-0.2, -0.15) is 0 Å². The van der Waals surface area contributed by atoms with E-state index in [4.69, 9.17) is 22.1 Å². The van der Waals surface area contributed by atoms with E-state index in [1.54, 1.807) is 6.20 Å². The van der Waals surface area contributed by atoms with Gasteiger partial charge in [0.15, 0.2) is 0 Å². The summed E-state index contributed by atoms with van der Waals surface area (Å²) in [6.45, 7) is 3.34. The molecule has 0 unspecified atom stereocenters. The lowest BCUT2D eigenvalue weighted by Gasteiger charge is -2.07. The molecular formula is C19H22ClN3O.